The van der Waals surface area contributed by atoms with Gasteiger partial charge in [-0.15, -0.1) is 0 Å². The number of nitrogens with zero attached hydrogens (tertiary/aromatic N) is 1. The first-order chi connectivity index (χ1) is 25.3. The van der Waals surface area contributed by atoms with Gasteiger partial charge in [0.05, 0.1) is 24.9 Å². The number of hydrogen-bond donors (Lipinski definition) is 4. The number of unbranched alkanes of at least 4 members (excludes halogenated alkanes) is 12. The third-order valence-electron chi connectivity index (χ3n) is 10.3. The number of phenols is 1. The van der Waals surface area contributed by atoms with Crippen LogP contribution in [0, 0.1) is 5.92 Å². The summed E-state index contributed by atoms with van der Waals surface area (Å²) in [7, 11) is 1.95. The van der Waals surface area contributed by atoms with Gasteiger partial charge in [0.1, 0.15) is 5.75 Å². The molecule has 5 atom stereocenters. The van der Waals surface area contributed by atoms with E-state index in [2.05, 4.69) is 19.2 Å². The van der Waals surface area contributed by atoms with Crippen molar-refractivity contribution in [3.8, 4) is 5.75 Å². The van der Waals surface area contributed by atoms with E-state index in [0.717, 1.165) is 35.2 Å². The van der Waals surface area contributed by atoms with Crippen LogP contribution in [0.4, 0.5) is 5.69 Å². The molecule has 1 unspecified atom stereocenters. The SMILES string of the molecule is CCCCCCCCCCCCCCCC(=O)Nc1cccc(C2O[C@H](CN(C)C[C@@H](O)c3cccc(O)c3)[C@H](C)[C@H](c3ccc(CO)cc3)O2)c1. The van der Waals surface area contributed by atoms with E-state index < -0.39 is 12.4 Å². The Bertz CT molecular complexity index is 1450. The van der Waals surface area contributed by atoms with E-state index in [-0.39, 0.29) is 36.4 Å². The maximum absolute atomic E-state index is 12.9. The number of nitrogens with one attached hydrogen (secondary N) is 1. The Morgan fingerprint density at radius 1 is 0.808 bits per heavy atom. The normalized spacial score (nSPS) is 19.5. The molecule has 1 saturated heterocycles. The maximum atomic E-state index is 12.9. The summed E-state index contributed by atoms with van der Waals surface area (Å²) in [6.45, 7) is 5.24. The van der Waals surface area contributed by atoms with Gasteiger partial charge in [-0.3, -0.25) is 4.79 Å². The standard InChI is InChI=1S/C44H64N2O6/c1-4-5-6-7-8-9-10-11-12-13-14-15-16-23-42(50)45-38-21-17-20-37(28-38)44-51-41(31-46(3)30-40(49)36-19-18-22-39(48)29-36)33(2)43(52-44)35-26-24-34(32-47)25-27-35/h17-22,24-29,33,40-41,43-44,47-49H,4-16,23,30-32H2,1-3H3,(H,45,50)/t33-,40+,41+,43+,44?/m0/s1. The van der Waals surface area contributed by atoms with Crippen LogP contribution in [-0.4, -0.2) is 52.4 Å². The predicted molar refractivity (Wildman–Crippen MR) is 209 cm³/mol. The monoisotopic (exact) mass is 716 g/mol. The lowest BCUT2D eigenvalue weighted by molar-refractivity contribution is -0.276. The largest absolute Gasteiger partial charge is 0.508 e. The molecule has 1 heterocycles. The number of carbonyl (C=O) groups is 1. The molecule has 4 N–H and O–H groups in total. The van der Waals surface area contributed by atoms with E-state index in [1.807, 2.05) is 60.5 Å². The second-order valence-corrected chi connectivity index (χ2v) is 14.8. The fourth-order valence-corrected chi connectivity index (χ4v) is 7.13. The zero-order valence-corrected chi connectivity index (χ0v) is 31.8. The highest BCUT2D eigenvalue weighted by molar-refractivity contribution is 5.90. The molecule has 3 aromatic rings. The van der Waals surface area contributed by atoms with Crippen molar-refractivity contribution in [3.63, 3.8) is 0 Å². The number of anilines is 1. The highest BCUT2D eigenvalue weighted by atomic mass is 16.7. The number of rotatable bonds is 23. The number of hydrogen-bond acceptors (Lipinski definition) is 7. The molecule has 52 heavy (non-hydrogen) atoms. The number of aliphatic hydroxyl groups is 2. The van der Waals surface area contributed by atoms with E-state index in [1.54, 1.807) is 24.3 Å². The quantitative estimate of drug-likeness (QED) is 0.0723. The number of amides is 1. The summed E-state index contributed by atoms with van der Waals surface area (Å²) in [4.78, 5) is 14.9. The molecule has 1 amide bonds. The number of ether oxygens (including phenoxy) is 2. The molecule has 0 aliphatic carbocycles. The summed E-state index contributed by atoms with van der Waals surface area (Å²) in [6.07, 6.45) is 15.1. The summed E-state index contributed by atoms with van der Waals surface area (Å²) in [6, 6.07) is 22.2. The number of phenolic OH excluding ortho intramolecular Hbond substituents is 1. The van der Waals surface area contributed by atoms with Gasteiger partial charge in [-0.25, -0.2) is 0 Å². The molecule has 3 aromatic carbocycles. The number of aromatic hydroxyl groups is 1. The van der Waals surface area contributed by atoms with Crippen molar-refractivity contribution < 1.29 is 29.6 Å². The molecule has 1 aliphatic rings. The average Bonchev–Trinajstić information content (AvgIpc) is 3.14. The van der Waals surface area contributed by atoms with Crippen molar-refractivity contribution >= 4 is 11.6 Å². The zero-order valence-electron chi connectivity index (χ0n) is 31.8. The van der Waals surface area contributed by atoms with E-state index in [4.69, 9.17) is 9.47 Å². The minimum absolute atomic E-state index is 0.0194. The molecule has 0 aromatic heterocycles. The Labute approximate surface area is 312 Å². The van der Waals surface area contributed by atoms with Gasteiger partial charge < -0.3 is 35.0 Å². The van der Waals surface area contributed by atoms with Crippen LogP contribution in [0.3, 0.4) is 0 Å². The molecule has 8 heteroatoms. The third-order valence-corrected chi connectivity index (χ3v) is 10.3. The first-order valence-corrected chi connectivity index (χ1v) is 19.8. The Hall–Kier alpha value is -3.27. The number of benzene rings is 3. The number of likely N-dealkylation sites (N-methyl/N-ethyl adjacent to an activating group) is 1. The van der Waals surface area contributed by atoms with Gasteiger partial charge in [-0.2, -0.15) is 0 Å². The fourth-order valence-electron chi connectivity index (χ4n) is 7.13. The van der Waals surface area contributed by atoms with Crippen LogP contribution in [-0.2, 0) is 20.9 Å². The van der Waals surface area contributed by atoms with Crippen LogP contribution in [0.1, 0.15) is 144 Å². The van der Waals surface area contributed by atoms with Crippen LogP contribution < -0.4 is 5.32 Å². The first kappa shape index (κ1) is 41.5. The minimum Gasteiger partial charge on any atom is -0.508 e. The van der Waals surface area contributed by atoms with Crippen molar-refractivity contribution in [1.29, 1.82) is 0 Å². The smallest absolute Gasteiger partial charge is 0.224 e. The third kappa shape index (κ3) is 13.9. The lowest BCUT2D eigenvalue weighted by atomic mass is 9.90. The summed E-state index contributed by atoms with van der Waals surface area (Å²) in [5.41, 5.74) is 4.01. The highest BCUT2D eigenvalue weighted by Crippen LogP contribution is 2.42. The molecule has 286 valence electrons. The van der Waals surface area contributed by atoms with Crippen LogP contribution >= 0.6 is 0 Å². The topological polar surface area (TPSA) is 111 Å². The highest BCUT2D eigenvalue weighted by Gasteiger charge is 2.39. The first-order valence-electron chi connectivity index (χ1n) is 19.8. The van der Waals surface area contributed by atoms with Crippen LogP contribution in [0.15, 0.2) is 72.8 Å². The lowest BCUT2D eigenvalue weighted by Gasteiger charge is -2.42. The maximum Gasteiger partial charge on any atom is 0.224 e. The summed E-state index contributed by atoms with van der Waals surface area (Å²) < 4.78 is 13.3. The van der Waals surface area contributed by atoms with Crippen LogP contribution in [0.5, 0.6) is 5.75 Å². The Morgan fingerprint density at radius 3 is 2.08 bits per heavy atom. The fraction of sp³-hybridized carbons (Fsp3) is 0.568. The molecule has 0 radical (unpaired) electrons. The molecule has 1 aliphatic heterocycles. The summed E-state index contributed by atoms with van der Waals surface area (Å²) in [5, 5.41) is 33.5. The molecule has 1 fully saturated rings. The minimum atomic E-state index is -0.773. The Morgan fingerprint density at radius 2 is 1.44 bits per heavy atom. The lowest BCUT2D eigenvalue weighted by Crippen LogP contribution is -2.44. The van der Waals surface area contributed by atoms with E-state index in [9.17, 15) is 20.1 Å². The van der Waals surface area contributed by atoms with Gasteiger partial charge in [0.15, 0.2) is 6.29 Å². The van der Waals surface area contributed by atoms with Crippen molar-refractivity contribution in [3.05, 3.63) is 95.1 Å². The molecular formula is C44H64N2O6. The van der Waals surface area contributed by atoms with Crippen LogP contribution in [0.25, 0.3) is 0 Å². The Balaban J connectivity index is 1.30. The van der Waals surface area contributed by atoms with E-state index in [0.29, 0.717) is 25.1 Å². The number of carbonyl (C=O) groups excluding carboxylic acids is 1. The van der Waals surface area contributed by atoms with Crippen molar-refractivity contribution in [2.75, 3.05) is 25.5 Å². The molecule has 0 spiro atoms. The van der Waals surface area contributed by atoms with Gasteiger partial charge in [0.25, 0.3) is 0 Å². The number of aliphatic hydroxyl groups excluding tert-OH is 2. The Kier molecular flexibility index (Phi) is 18.1. The molecule has 0 bridgehead atoms. The zero-order chi connectivity index (χ0) is 37.1. The molecule has 0 saturated carbocycles. The van der Waals surface area contributed by atoms with E-state index in [1.165, 1.54) is 70.6 Å². The van der Waals surface area contributed by atoms with Crippen LogP contribution in [0.2, 0.25) is 0 Å². The average molecular weight is 717 g/mol. The van der Waals surface area contributed by atoms with Gasteiger partial charge in [-0.05, 0) is 54.4 Å². The van der Waals surface area contributed by atoms with Gasteiger partial charge in [0, 0.05) is 36.7 Å². The van der Waals surface area contributed by atoms with Crippen molar-refractivity contribution in [1.82, 2.24) is 4.90 Å². The van der Waals surface area contributed by atoms with Crippen molar-refractivity contribution in [2.45, 2.75) is 135 Å². The second-order valence-electron chi connectivity index (χ2n) is 14.8. The van der Waals surface area contributed by atoms with Gasteiger partial charge >= 0.3 is 0 Å². The van der Waals surface area contributed by atoms with Crippen molar-refractivity contribution in [2.24, 2.45) is 5.92 Å². The van der Waals surface area contributed by atoms with E-state index >= 15 is 0 Å². The molecule has 4 rings (SSSR count). The summed E-state index contributed by atoms with van der Waals surface area (Å²) in [5.74, 6) is 0.113. The molecular weight excluding hydrogens is 652 g/mol. The second kappa shape index (κ2) is 22.7. The van der Waals surface area contributed by atoms with Gasteiger partial charge in [-0.1, -0.05) is 139 Å². The van der Waals surface area contributed by atoms with Gasteiger partial charge in [0.2, 0.25) is 5.91 Å². The summed E-state index contributed by atoms with van der Waals surface area (Å²) >= 11 is 0. The predicted octanol–water partition coefficient (Wildman–Crippen LogP) is 9.76. The molecule has 8 nitrogen and oxygen atoms in total.